The van der Waals surface area contributed by atoms with Gasteiger partial charge in [-0.3, -0.25) is 19.3 Å². The van der Waals surface area contributed by atoms with Crippen LogP contribution in [0.3, 0.4) is 0 Å². The van der Waals surface area contributed by atoms with Crippen LogP contribution in [0.25, 0.3) is 0 Å². The first-order valence-electron chi connectivity index (χ1n) is 9.72. The van der Waals surface area contributed by atoms with Crippen molar-refractivity contribution in [3.05, 3.63) is 47.5 Å². The molecule has 9 heteroatoms. The molecule has 162 valence electrons. The van der Waals surface area contributed by atoms with E-state index in [2.05, 4.69) is 5.32 Å². The quantitative estimate of drug-likeness (QED) is 0.458. The van der Waals surface area contributed by atoms with Gasteiger partial charge in [0.25, 0.3) is 5.91 Å². The third-order valence-electron chi connectivity index (χ3n) is 4.78. The van der Waals surface area contributed by atoms with Crippen molar-refractivity contribution in [3.63, 3.8) is 0 Å². The molecule has 0 saturated heterocycles. The second-order valence-electron chi connectivity index (χ2n) is 7.13. The second kappa shape index (κ2) is 8.86. The number of carboxylic acid groups (broad SMARTS) is 1. The topological polar surface area (TPSA) is 133 Å². The van der Waals surface area contributed by atoms with Crippen LogP contribution in [0.2, 0.25) is 0 Å². The third kappa shape index (κ3) is 4.66. The van der Waals surface area contributed by atoms with E-state index in [0.717, 1.165) is 12.1 Å². The van der Waals surface area contributed by atoms with Gasteiger partial charge in [0.1, 0.15) is 23.6 Å². The van der Waals surface area contributed by atoms with Crippen molar-refractivity contribution >= 4 is 34.9 Å². The average molecular weight is 426 g/mol. The molecule has 1 aliphatic rings. The number of fused-ring (bicyclic) bond motifs is 1. The minimum absolute atomic E-state index is 0.0777. The average Bonchev–Trinajstić information content (AvgIpc) is 2.72. The normalized spacial score (nSPS) is 15.1. The van der Waals surface area contributed by atoms with E-state index in [9.17, 15) is 24.3 Å². The number of nitrogens with one attached hydrogen (secondary N) is 1. The van der Waals surface area contributed by atoms with Crippen molar-refractivity contribution in [2.45, 2.75) is 32.8 Å². The molecule has 1 atom stereocenters. The van der Waals surface area contributed by atoms with Crippen LogP contribution in [0.5, 0.6) is 11.5 Å². The number of hydrogen-bond acceptors (Lipinski definition) is 6. The van der Waals surface area contributed by atoms with Crippen LogP contribution >= 0.6 is 0 Å². The predicted molar refractivity (Wildman–Crippen MR) is 112 cm³/mol. The molecule has 0 fully saturated rings. The standard InChI is InChI=1S/C22H22N2O7/c1-3-4-17(25)13-5-8-19-16(9-13)24(21(28)12(2)31-19)11-20(27)23-14-6-7-18(26)15(10-14)22(29)30/h5-10,12,26H,3-4,11H2,1-2H3,(H,23,27)(H,29,30). The van der Waals surface area contributed by atoms with Crippen molar-refractivity contribution in [2.75, 3.05) is 16.8 Å². The summed E-state index contributed by atoms with van der Waals surface area (Å²) in [5.74, 6) is -2.50. The Morgan fingerprint density at radius 2 is 1.90 bits per heavy atom. The molecular weight excluding hydrogens is 404 g/mol. The number of aromatic hydroxyl groups is 1. The van der Waals surface area contributed by atoms with Gasteiger partial charge in [-0.25, -0.2) is 4.79 Å². The van der Waals surface area contributed by atoms with E-state index < -0.39 is 29.6 Å². The molecule has 0 aliphatic carbocycles. The lowest BCUT2D eigenvalue weighted by Gasteiger charge is -2.32. The zero-order valence-corrected chi connectivity index (χ0v) is 17.0. The number of ether oxygens (including phenoxy) is 1. The van der Waals surface area contributed by atoms with E-state index in [1.807, 2.05) is 6.92 Å². The summed E-state index contributed by atoms with van der Waals surface area (Å²) < 4.78 is 5.60. The number of ketones is 1. The molecule has 9 nitrogen and oxygen atoms in total. The van der Waals surface area contributed by atoms with Gasteiger partial charge >= 0.3 is 5.97 Å². The van der Waals surface area contributed by atoms with Gasteiger partial charge in [-0.2, -0.15) is 0 Å². The van der Waals surface area contributed by atoms with E-state index in [-0.39, 0.29) is 23.6 Å². The molecule has 3 rings (SSSR count). The number of carbonyl (C=O) groups is 4. The van der Waals surface area contributed by atoms with Gasteiger partial charge in [0.15, 0.2) is 11.9 Å². The van der Waals surface area contributed by atoms with Crippen LogP contribution in [0.4, 0.5) is 11.4 Å². The summed E-state index contributed by atoms with van der Waals surface area (Å²) in [6.07, 6.45) is 0.223. The lowest BCUT2D eigenvalue weighted by Crippen LogP contribution is -2.47. The number of hydrogen-bond donors (Lipinski definition) is 3. The highest BCUT2D eigenvalue weighted by atomic mass is 16.5. The summed E-state index contributed by atoms with van der Waals surface area (Å²) in [6.45, 7) is 3.08. The summed E-state index contributed by atoms with van der Waals surface area (Å²) in [5, 5.41) is 21.2. The maximum Gasteiger partial charge on any atom is 0.339 e. The Kier molecular flexibility index (Phi) is 6.24. The van der Waals surface area contributed by atoms with Crippen LogP contribution in [0.15, 0.2) is 36.4 Å². The Labute approximate surface area is 178 Å². The number of phenols is 1. The van der Waals surface area contributed by atoms with E-state index >= 15 is 0 Å². The van der Waals surface area contributed by atoms with Gasteiger partial charge in [0.2, 0.25) is 5.91 Å². The van der Waals surface area contributed by atoms with E-state index in [1.165, 1.54) is 17.0 Å². The van der Waals surface area contributed by atoms with Crippen LogP contribution in [0.1, 0.15) is 47.4 Å². The molecule has 31 heavy (non-hydrogen) atoms. The van der Waals surface area contributed by atoms with Crippen LogP contribution in [0, 0.1) is 0 Å². The molecule has 1 unspecified atom stereocenters. The van der Waals surface area contributed by atoms with Gasteiger partial charge in [-0.05, 0) is 49.7 Å². The lowest BCUT2D eigenvalue weighted by molar-refractivity contribution is -0.127. The number of benzene rings is 2. The first kappa shape index (κ1) is 21.8. The molecule has 0 saturated carbocycles. The number of carbonyl (C=O) groups excluding carboxylic acids is 3. The summed E-state index contributed by atoms with van der Waals surface area (Å²) in [7, 11) is 0. The highest BCUT2D eigenvalue weighted by Gasteiger charge is 2.33. The number of nitrogens with zero attached hydrogens (tertiary/aromatic N) is 1. The molecule has 0 bridgehead atoms. The molecule has 2 aromatic carbocycles. The van der Waals surface area contributed by atoms with Crippen molar-refractivity contribution < 1.29 is 34.1 Å². The van der Waals surface area contributed by atoms with Gasteiger partial charge in [0, 0.05) is 17.7 Å². The lowest BCUT2D eigenvalue weighted by atomic mass is 10.0. The zero-order chi connectivity index (χ0) is 22.7. The van der Waals surface area contributed by atoms with Crippen molar-refractivity contribution in [2.24, 2.45) is 0 Å². The molecule has 0 radical (unpaired) electrons. The molecule has 0 aromatic heterocycles. The highest BCUT2D eigenvalue weighted by molar-refractivity contribution is 6.07. The van der Waals surface area contributed by atoms with Crippen LogP contribution in [-0.4, -0.2) is 46.4 Å². The number of carboxylic acids is 1. The number of rotatable bonds is 7. The Hall–Kier alpha value is -3.88. The van der Waals surface area contributed by atoms with Gasteiger partial charge in [-0.1, -0.05) is 6.92 Å². The molecule has 1 aliphatic heterocycles. The predicted octanol–water partition coefficient (Wildman–Crippen LogP) is 2.83. The zero-order valence-electron chi connectivity index (χ0n) is 17.0. The van der Waals surface area contributed by atoms with Gasteiger partial charge in [-0.15, -0.1) is 0 Å². The van der Waals surface area contributed by atoms with Crippen molar-refractivity contribution in [1.29, 1.82) is 0 Å². The number of anilines is 2. The number of amides is 2. The Bertz CT molecular complexity index is 1060. The van der Waals surface area contributed by atoms with E-state index in [1.54, 1.807) is 19.1 Å². The first-order chi connectivity index (χ1) is 14.7. The largest absolute Gasteiger partial charge is 0.507 e. The fraction of sp³-hybridized carbons (Fsp3) is 0.273. The minimum Gasteiger partial charge on any atom is -0.507 e. The summed E-state index contributed by atoms with van der Waals surface area (Å²) >= 11 is 0. The summed E-state index contributed by atoms with van der Waals surface area (Å²) in [5.41, 5.74) is 0.526. The van der Waals surface area contributed by atoms with Crippen LogP contribution < -0.4 is 15.0 Å². The van der Waals surface area contributed by atoms with Crippen molar-refractivity contribution in [3.8, 4) is 11.5 Å². The minimum atomic E-state index is -1.34. The smallest absolute Gasteiger partial charge is 0.339 e. The molecule has 0 spiro atoms. The SMILES string of the molecule is CCCC(=O)c1ccc2c(c1)N(CC(=O)Nc1ccc(O)c(C(=O)O)c1)C(=O)C(C)O2. The number of Topliss-reactive ketones (excluding diaryl/α,β-unsaturated/α-hetero) is 1. The third-order valence-corrected chi connectivity index (χ3v) is 4.78. The Balaban J connectivity index is 1.85. The van der Waals surface area contributed by atoms with Gasteiger partial charge < -0.3 is 20.3 Å². The second-order valence-corrected chi connectivity index (χ2v) is 7.13. The highest BCUT2D eigenvalue weighted by Crippen LogP contribution is 2.35. The molecule has 3 N–H and O–H groups in total. The maximum absolute atomic E-state index is 12.7. The number of aromatic carboxylic acids is 1. The Morgan fingerprint density at radius 1 is 1.16 bits per heavy atom. The van der Waals surface area contributed by atoms with E-state index in [4.69, 9.17) is 9.84 Å². The fourth-order valence-electron chi connectivity index (χ4n) is 3.24. The molecule has 2 amide bonds. The van der Waals surface area contributed by atoms with Gasteiger partial charge in [0.05, 0.1) is 5.69 Å². The first-order valence-corrected chi connectivity index (χ1v) is 9.72. The monoisotopic (exact) mass is 426 g/mol. The summed E-state index contributed by atoms with van der Waals surface area (Å²) in [4.78, 5) is 50.0. The maximum atomic E-state index is 12.7. The van der Waals surface area contributed by atoms with Crippen molar-refractivity contribution in [1.82, 2.24) is 0 Å². The Morgan fingerprint density at radius 3 is 2.58 bits per heavy atom. The molecular formula is C22H22N2O7. The fourth-order valence-corrected chi connectivity index (χ4v) is 3.24. The molecule has 2 aromatic rings. The van der Waals surface area contributed by atoms with E-state index in [0.29, 0.717) is 29.8 Å². The molecule has 1 heterocycles. The van der Waals surface area contributed by atoms with Crippen LogP contribution in [-0.2, 0) is 9.59 Å². The summed E-state index contributed by atoms with van der Waals surface area (Å²) in [6, 6.07) is 8.38.